The summed E-state index contributed by atoms with van der Waals surface area (Å²) in [5.41, 5.74) is 1.70. The second kappa shape index (κ2) is 4.29. The smallest absolute Gasteiger partial charge is 0.338 e. The van der Waals surface area contributed by atoms with Gasteiger partial charge in [-0.3, -0.25) is 0 Å². The molecule has 0 aliphatic carbocycles. The molecule has 0 spiro atoms. The third-order valence-electron chi connectivity index (χ3n) is 3.16. The van der Waals surface area contributed by atoms with Crippen LogP contribution in [0.2, 0.25) is 0 Å². The highest BCUT2D eigenvalue weighted by Gasteiger charge is 2.18. The Balaban J connectivity index is 2.49. The van der Waals surface area contributed by atoms with E-state index in [2.05, 4.69) is 0 Å². The summed E-state index contributed by atoms with van der Waals surface area (Å²) in [6, 6.07) is 10.7. The van der Waals surface area contributed by atoms with E-state index < -0.39 is 17.1 Å². The minimum atomic E-state index is -1.10. The summed E-state index contributed by atoms with van der Waals surface area (Å²) < 4.78 is 13.3. The highest BCUT2D eigenvalue weighted by atomic mass is 32.2. The van der Waals surface area contributed by atoms with Crippen molar-refractivity contribution in [1.82, 2.24) is 4.40 Å². The molecule has 1 unspecified atom stereocenters. The zero-order chi connectivity index (χ0) is 13.6. The van der Waals surface area contributed by atoms with E-state index in [9.17, 15) is 14.5 Å². The maximum atomic E-state index is 11.5. The highest BCUT2D eigenvalue weighted by Crippen LogP contribution is 2.27. The van der Waals surface area contributed by atoms with Crippen LogP contribution >= 0.6 is 0 Å². The van der Waals surface area contributed by atoms with Gasteiger partial charge in [-0.2, -0.15) is 0 Å². The van der Waals surface area contributed by atoms with E-state index in [1.807, 2.05) is 18.2 Å². The fourth-order valence-electron chi connectivity index (χ4n) is 2.31. The molecule has 1 N–H and O–H groups in total. The number of benzene rings is 1. The predicted molar refractivity (Wildman–Crippen MR) is 74.2 cm³/mol. The monoisotopic (exact) mass is 273 g/mol. The van der Waals surface area contributed by atoms with Gasteiger partial charge in [0.15, 0.2) is 4.90 Å². The molecule has 2 heterocycles. The lowest BCUT2D eigenvalue weighted by molar-refractivity contribution is 0.0701. The van der Waals surface area contributed by atoms with Gasteiger partial charge < -0.3 is 14.1 Å². The third kappa shape index (κ3) is 1.78. The van der Waals surface area contributed by atoms with Crippen LogP contribution in [0.25, 0.3) is 16.4 Å². The quantitative estimate of drug-likeness (QED) is 0.730. The Morgan fingerprint density at radius 2 is 1.95 bits per heavy atom. The molecule has 3 rings (SSSR count). The lowest BCUT2D eigenvalue weighted by atomic mass is 10.1. The standard InChI is InChI=1S/C14H11NO3S/c1-19(18)9-6-7-12-13(14(16)17)10-4-2-3-5-11(10)15(12)8-9/h2-8H,1H3,(H,16,17). The summed E-state index contributed by atoms with van der Waals surface area (Å²) in [4.78, 5) is 12.1. The highest BCUT2D eigenvalue weighted by molar-refractivity contribution is 7.90. The molecule has 96 valence electrons. The van der Waals surface area contributed by atoms with Crippen molar-refractivity contribution in [3.05, 3.63) is 48.2 Å². The maximum absolute atomic E-state index is 11.5. The van der Waals surface area contributed by atoms with Crippen molar-refractivity contribution in [2.24, 2.45) is 0 Å². The summed E-state index contributed by atoms with van der Waals surface area (Å²) in [7, 11) is 0. The van der Waals surface area contributed by atoms with Crippen molar-refractivity contribution >= 4 is 33.6 Å². The van der Waals surface area contributed by atoms with Gasteiger partial charge in [-0.25, -0.2) is 4.79 Å². The summed E-state index contributed by atoms with van der Waals surface area (Å²) in [6.45, 7) is 0. The van der Waals surface area contributed by atoms with Crippen molar-refractivity contribution in [2.75, 3.05) is 6.26 Å². The second-order valence-electron chi connectivity index (χ2n) is 4.27. The lowest BCUT2D eigenvalue weighted by Crippen LogP contribution is -2.00. The Kier molecular flexibility index (Phi) is 2.73. The first-order valence-electron chi connectivity index (χ1n) is 5.69. The number of rotatable bonds is 2. The Labute approximate surface area is 112 Å². The van der Waals surface area contributed by atoms with E-state index in [1.165, 1.54) is 0 Å². The first-order valence-corrected chi connectivity index (χ1v) is 7.25. The first kappa shape index (κ1) is 12.1. The Hall–Kier alpha value is -1.98. The van der Waals surface area contributed by atoms with Crippen molar-refractivity contribution in [3.8, 4) is 0 Å². The van der Waals surface area contributed by atoms with Gasteiger partial charge in [0.1, 0.15) is 6.26 Å². The molecule has 0 saturated carbocycles. The molecule has 3 aromatic rings. The molecule has 1 atom stereocenters. The van der Waals surface area contributed by atoms with Crippen LogP contribution < -0.4 is 0 Å². The number of carboxylic acid groups (broad SMARTS) is 1. The zero-order valence-corrected chi connectivity index (χ0v) is 11.0. The maximum Gasteiger partial charge on any atom is 0.338 e. The lowest BCUT2D eigenvalue weighted by Gasteiger charge is -2.05. The van der Waals surface area contributed by atoms with E-state index in [1.54, 1.807) is 35.1 Å². The minimum Gasteiger partial charge on any atom is -0.612 e. The van der Waals surface area contributed by atoms with E-state index in [4.69, 9.17) is 0 Å². The molecule has 0 amide bonds. The molecule has 0 saturated heterocycles. The van der Waals surface area contributed by atoms with Crippen LogP contribution in [0, 0.1) is 0 Å². The third-order valence-corrected chi connectivity index (χ3v) is 4.06. The average molecular weight is 273 g/mol. The summed E-state index contributed by atoms with van der Waals surface area (Å²) in [5, 5.41) is 10.1. The van der Waals surface area contributed by atoms with Gasteiger partial charge in [-0.1, -0.05) is 18.2 Å². The van der Waals surface area contributed by atoms with Crippen LogP contribution in [0.15, 0.2) is 47.5 Å². The van der Waals surface area contributed by atoms with Gasteiger partial charge in [-0.15, -0.1) is 0 Å². The number of aromatic carboxylic acids is 1. The van der Waals surface area contributed by atoms with Crippen LogP contribution in [-0.2, 0) is 11.2 Å². The molecule has 0 fully saturated rings. The van der Waals surface area contributed by atoms with Gasteiger partial charge in [0.2, 0.25) is 0 Å². The normalized spacial score (nSPS) is 12.9. The first-order chi connectivity index (χ1) is 9.09. The molecule has 0 aliphatic heterocycles. The van der Waals surface area contributed by atoms with Crippen molar-refractivity contribution in [3.63, 3.8) is 0 Å². The van der Waals surface area contributed by atoms with Crippen LogP contribution in [-0.4, -0.2) is 26.3 Å². The number of hydrogen-bond donors (Lipinski definition) is 1. The number of hydrogen-bond acceptors (Lipinski definition) is 2. The predicted octanol–water partition coefficient (Wildman–Crippen LogP) is 2.53. The average Bonchev–Trinajstić information content (AvgIpc) is 2.72. The van der Waals surface area contributed by atoms with Crippen LogP contribution in [0.3, 0.4) is 0 Å². The molecule has 0 bridgehead atoms. The number of pyridine rings is 1. The number of para-hydroxylation sites is 1. The molecule has 4 nitrogen and oxygen atoms in total. The van der Waals surface area contributed by atoms with E-state index in [0.29, 0.717) is 15.8 Å². The zero-order valence-electron chi connectivity index (χ0n) is 10.2. The Bertz CT molecular complexity index is 792. The fourth-order valence-corrected chi connectivity index (χ4v) is 2.83. The molecule has 5 heteroatoms. The van der Waals surface area contributed by atoms with Crippen LogP contribution in [0.4, 0.5) is 0 Å². The van der Waals surface area contributed by atoms with E-state index >= 15 is 0 Å². The summed E-state index contributed by atoms with van der Waals surface area (Å²) in [6.07, 6.45) is 3.34. The summed E-state index contributed by atoms with van der Waals surface area (Å²) >= 11 is -1.10. The molecule has 1 aromatic carbocycles. The largest absolute Gasteiger partial charge is 0.612 e. The summed E-state index contributed by atoms with van der Waals surface area (Å²) in [5.74, 6) is -0.955. The fraction of sp³-hybridized carbons (Fsp3) is 0.0714. The number of carboxylic acids is 1. The molecule has 0 aliphatic rings. The molecular weight excluding hydrogens is 262 g/mol. The van der Waals surface area contributed by atoms with Crippen LogP contribution in [0.5, 0.6) is 0 Å². The molecular formula is C14H11NO3S. The van der Waals surface area contributed by atoms with Gasteiger partial charge in [-0.05, 0) is 29.4 Å². The Morgan fingerprint density at radius 1 is 1.21 bits per heavy atom. The van der Waals surface area contributed by atoms with Crippen LogP contribution in [0.1, 0.15) is 10.4 Å². The number of fused-ring (bicyclic) bond motifs is 3. The number of aromatic nitrogens is 1. The van der Waals surface area contributed by atoms with E-state index in [0.717, 1.165) is 5.52 Å². The SMILES string of the molecule is C[S+]([O-])c1ccc2c(C(=O)O)c3ccccc3n2c1. The van der Waals surface area contributed by atoms with Crippen molar-refractivity contribution < 1.29 is 14.5 Å². The number of carbonyl (C=O) groups is 1. The van der Waals surface area contributed by atoms with Crippen molar-refractivity contribution in [1.29, 1.82) is 0 Å². The molecule has 2 aromatic heterocycles. The molecule has 19 heavy (non-hydrogen) atoms. The van der Waals surface area contributed by atoms with E-state index in [-0.39, 0.29) is 5.56 Å². The minimum absolute atomic E-state index is 0.282. The second-order valence-corrected chi connectivity index (χ2v) is 5.65. The van der Waals surface area contributed by atoms with Crippen molar-refractivity contribution in [2.45, 2.75) is 4.90 Å². The Morgan fingerprint density at radius 3 is 2.63 bits per heavy atom. The molecule has 0 radical (unpaired) electrons. The topological polar surface area (TPSA) is 64.8 Å². The van der Waals surface area contributed by atoms with Gasteiger partial charge in [0.05, 0.1) is 22.8 Å². The van der Waals surface area contributed by atoms with Gasteiger partial charge >= 0.3 is 5.97 Å². The number of nitrogens with zero attached hydrogens (tertiary/aromatic N) is 1. The van der Waals surface area contributed by atoms with Gasteiger partial charge in [0, 0.05) is 5.39 Å². The van der Waals surface area contributed by atoms with Gasteiger partial charge in [0.25, 0.3) is 0 Å².